The number of halogens is 4. The van der Waals surface area contributed by atoms with E-state index in [0.29, 0.717) is 16.0 Å². The van der Waals surface area contributed by atoms with E-state index in [2.05, 4.69) is 0 Å². The molecule has 0 spiro atoms. The summed E-state index contributed by atoms with van der Waals surface area (Å²) in [5.41, 5.74) is 2.36. The van der Waals surface area contributed by atoms with E-state index in [1.54, 1.807) is 18.2 Å². The van der Waals surface area contributed by atoms with E-state index in [4.69, 9.17) is 33.5 Å². The van der Waals surface area contributed by atoms with Gasteiger partial charge in [0.25, 0.3) is 0 Å². The molecule has 2 rings (SSSR count). The van der Waals surface area contributed by atoms with E-state index in [9.17, 15) is 8.78 Å². The molecule has 17 heavy (non-hydrogen) atoms. The van der Waals surface area contributed by atoms with Crippen molar-refractivity contribution in [3.63, 3.8) is 0 Å². The predicted molar refractivity (Wildman–Crippen MR) is 62.1 cm³/mol. The Labute approximate surface area is 105 Å². The van der Waals surface area contributed by atoms with Crippen LogP contribution in [0.3, 0.4) is 0 Å². The highest BCUT2D eigenvalue weighted by atomic mass is 35.5. The molecule has 1 heterocycles. The van der Waals surface area contributed by atoms with Gasteiger partial charge >= 0.3 is 5.38 Å². The molecule has 0 radical (unpaired) electrons. The minimum absolute atomic E-state index is 0.0511. The molecule has 0 aliphatic carbocycles. The first-order valence-electron chi connectivity index (χ1n) is 4.63. The summed E-state index contributed by atoms with van der Waals surface area (Å²) in [5, 5.41) is -2.46. The maximum absolute atomic E-state index is 13.0. The molecular formula is C10H8Cl2F2N2O. The largest absolute Gasteiger partial charge is 0.459 e. The van der Waals surface area contributed by atoms with Gasteiger partial charge in [0.2, 0.25) is 0 Å². The normalized spacial score (nSPS) is 14.2. The number of rotatable bonds is 3. The number of benzene rings is 1. The maximum atomic E-state index is 13.0. The highest BCUT2D eigenvalue weighted by Gasteiger charge is 2.40. The van der Waals surface area contributed by atoms with E-state index in [1.165, 1.54) is 6.07 Å². The Kier molecular flexibility index (Phi) is 3.27. The Morgan fingerprint density at radius 3 is 2.65 bits per heavy atom. The van der Waals surface area contributed by atoms with Crippen molar-refractivity contribution in [1.82, 2.24) is 5.43 Å². The standard InChI is InChI=1S/C10H8Cl2F2N2O/c11-6-1-2-7-5(3-6)4-8(17-7)9(16-15)10(12,13)14/h1-4,9,16H,15H2. The first kappa shape index (κ1) is 12.6. The van der Waals surface area contributed by atoms with Crippen molar-refractivity contribution in [3.8, 4) is 0 Å². The summed E-state index contributed by atoms with van der Waals surface area (Å²) in [5.74, 6) is 4.99. The Balaban J connectivity index is 2.48. The molecule has 1 atom stereocenters. The summed E-state index contributed by atoms with van der Waals surface area (Å²) >= 11 is 10.7. The molecule has 7 heteroatoms. The van der Waals surface area contributed by atoms with Crippen molar-refractivity contribution >= 4 is 34.2 Å². The summed E-state index contributed by atoms with van der Waals surface area (Å²) in [6.45, 7) is 0. The number of hydrazine groups is 1. The molecule has 1 aromatic carbocycles. The summed E-state index contributed by atoms with van der Waals surface area (Å²) in [7, 11) is 0. The van der Waals surface area contributed by atoms with E-state index in [0.717, 1.165) is 0 Å². The highest BCUT2D eigenvalue weighted by molar-refractivity contribution is 6.31. The fourth-order valence-electron chi connectivity index (χ4n) is 1.51. The Bertz CT molecular complexity index is 539. The molecule has 1 aromatic heterocycles. The van der Waals surface area contributed by atoms with Crippen molar-refractivity contribution < 1.29 is 13.2 Å². The van der Waals surface area contributed by atoms with Gasteiger partial charge in [-0.25, -0.2) is 5.43 Å². The highest BCUT2D eigenvalue weighted by Crippen LogP contribution is 2.37. The van der Waals surface area contributed by atoms with Gasteiger partial charge in [-0.15, -0.1) is 0 Å². The minimum Gasteiger partial charge on any atom is -0.459 e. The first-order valence-corrected chi connectivity index (χ1v) is 5.39. The van der Waals surface area contributed by atoms with Gasteiger partial charge < -0.3 is 4.42 Å². The van der Waals surface area contributed by atoms with Gasteiger partial charge in [-0.2, -0.15) is 8.78 Å². The molecule has 0 aliphatic heterocycles. The van der Waals surface area contributed by atoms with E-state index in [1.807, 2.05) is 5.43 Å². The third kappa shape index (κ3) is 2.52. The Hall–Kier alpha value is -0.880. The van der Waals surface area contributed by atoms with Crippen LogP contribution in [0.15, 0.2) is 28.7 Å². The Morgan fingerprint density at radius 2 is 2.06 bits per heavy atom. The molecule has 2 aromatic rings. The van der Waals surface area contributed by atoms with E-state index < -0.39 is 11.4 Å². The van der Waals surface area contributed by atoms with Crippen LogP contribution in [0.25, 0.3) is 11.0 Å². The third-order valence-electron chi connectivity index (χ3n) is 2.28. The number of hydrogen-bond donors (Lipinski definition) is 2. The molecule has 0 amide bonds. The van der Waals surface area contributed by atoms with Crippen LogP contribution in [-0.4, -0.2) is 5.38 Å². The summed E-state index contributed by atoms with van der Waals surface area (Å²) in [6, 6.07) is 4.60. The minimum atomic E-state index is -3.55. The molecule has 0 saturated carbocycles. The number of nitrogens with two attached hydrogens (primary N) is 1. The number of furan rings is 1. The zero-order valence-electron chi connectivity index (χ0n) is 8.38. The predicted octanol–water partition coefficient (Wildman–Crippen LogP) is 3.42. The second-order valence-corrected chi connectivity index (χ2v) is 4.41. The number of nitrogens with one attached hydrogen (secondary N) is 1. The Morgan fingerprint density at radius 1 is 1.35 bits per heavy atom. The lowest BCUT2D eigenvalue weighted by atomic mass is 10.2. The average Bonchev–Trinajstić information content (AvgIpc) is 2.58. The van der Waals surface area contributed by atoms with Crippen LogP contribution in [0.2, 0.25) is 5.02 Å². The number of hydrogen-bond acceptors (Lipinski definition) is 3. The third-order valence-corrected chi connectivity index (χ3v) is 2.73. The molecule has 92 valence electrons. The van der Waals surface area contributed by atoms with Crippen LogP contribution >= 0.6 is 23.2 Å². The summed E-state index contributed by atoms with van der Waals surface area (Å²) < 4.78 is 31.3. The molecule has 0 aliphatic rings. The maximum Gasteiger partial charge on any atom is 0.345 e. The monoisotopic (exact) mass is 280 g/mol. The zero-order chi connectivity index (χ0) is 12.6. The number of fused-ring (bicyclic) bond motifs is 1. The topological polar surface area (TPSA) is 51.2 Å². The summed E-state index contributed by atoms with van der Waals surface area (Å²) in [6.07, 6.45) is 0. The smallest absolute Gasteiger partial charge is 0.345 e. The van der Waals surface area contributed by atoms with Crippen LogP contribution in [0.5, 0.6) is 0 Å². The van der Waals surface area contributed by atoms with E-state index in [-0.39, 0.29) is 5.76 Å². The zero-order valence-corrected chi connectivity index (χ0v) is 9.90. The molecule has 3 nitrogen and oxygen atoms in total. The van der Waals surface area contributed by atoms with Gasteiger partial charge in [-0.05, 0) is 35.9 Å². The lowest BCUT2D eigenvalue weighted by Gasteiger charge is -2.17. The lowest BCUT2D eigenvalue weighted by molar-refractivity contribution is 0.0417. The molecule has 3 N–H and O–H groups in total. The summed E-state index contributed by atoms with van der Waals surface area (Å²) in [4.78, 5) is 0. The van der Waals surface area contributed by atoms with Crippen LogP contribution < -0.4 is 11.3 Å². The van der Waals surface area contributed by atoms with Crippen molar-refractivity contribution in [3.05, 3.63) is 35.0 Å². The van der Waals surface area contributed by atoms with E-state index >= 15 is 0 Å². The van der Waals surface area contributed by atoms with Gasteiger partial charge in [-0.1, -0.05) is 11.6 Å². The second-order valence-electron chi connectivity index (χ2n) is 3.47. The van der Waals surface area contributed by atoms with Crippen LogP contribution in [0.4, 0.5) is 8.78 Å². The van der Waals surface area contributed by atoms with Gasteiger partial charge in [-0.3, -0.25) is 5.84 Å². The molecular weight excluding hydrogens is 273 g/mol. The van der Waals surface area contributed by atoms with Crippen LogP contribution in [0, 0.1) is 0 Å². The lowest BCUT2D eigenvalue weighted by Crippen LogP contribution is -2.37. The van der Waals surface area contributed by atoms with Crippen molar-refractivity contribution in [2.75, 3.05) is 0 Å². The number of alkyl halides is 3. The second kappa shape index (κ2) is 4.42. The van der Waals surface area contributed by atoms with Crippen LogP contribution in [0.1, 0.15) is 11.8 Å². The molecule has 0 saturated heterocycles. The van der Waals surface area contributed by atoms with Gasteiger partial charge in [0.05, 0.1) is 0 Å². The fraction of sp³-hybridized carbons (Fsp3) is 0.200. The SMILES string of the molecule is NNC(c1cc2cc(Cl)ccc2o1)C(F)(F)Cl. The molecule has 0 fully saturated rings. The average molecular weight is 281 g/mol. The van der Waals surface area contributed by atoms with Crippen molar-refractivity contribution in [2.45, 2.75) is 11.4 Å². The van der Waals surface area contributed by atoms with Gasteiger partial charge in [0, 0.05) is 10.4 Å². The van der Waals surface area contributed by atoms with Gasteiger partial charge in [0.15, 0.2) is 6.04 Å². The first-order chi connectivity index (χ1) is 7.91. The quantitative estimate of drug-likeness (QED) is 0.515. The molecule has 0 bridgehead atoms. The van der Waals surface area contributed by atoms with Gasteiger partial charge in [0.1, 0.15) is 11.3 Å². The fourth-order valence-corrected chi connectivity index (χ4v) is 1.87. The van der Waals surface area contributed by atoms with Crippen molar-refractivity contribution in [1.29, 1.82) is 0 Å². The van der Waals surface area contributed by atoms with Crippen molar-refractivity contribution in [2.24, 2.45) is 5.84 Å². The van der Waals surface area contributed by atoms with Crippen LogP contribution in [-0.2, 0) is 0 Å². The molecule has 1 unspecified atom stereocenters.